The number of benzene rings is 1. The van der Waals surface area contributed by atoms with E-state index in [1.54, 1.807) is 18.2 Å². The lowest BCUT2D eigenvalue weighted by atomic mass is 10.1. The highest BCUT2D eigenvalue weighted by molar-refractivity contribution is 8.13. The fourth-order valence-electron chi connectivity index (χ4n) is 1.11. The summed E-state index contributed by atoms with van der Waals surface area (Å²) in [6.07, 6.45) is 1.38. The molecule has 0 saturated carbocycles. The molecule has 0 heterocycles. The zero-order valence-electron chi connectivity index (χ0n) is 9.33. The molecule has 1 aromatic carbocycles. The van der Waals surface area contributed by atoms with Gasteiger partial charge in [0, 0.05) is 30.2 Å². The molecule has 0 aliphatic heterocycles. The zero-order chi connectivity index (χ0) is 12.7. The molecule has 0 unspecified atom stereocenters. The highest BCUT2D eigenvalue weighted by atomic mass is 35.5. The van der Waals surface area contributed by atoms with Crippen LogP contribution >= 0.6 is 23.4 Å². The van der Waals surface area contributed by atoms with Gasteiger partial charge in [-0.15, -0.1) is 0 Å². The minimum absolute atomic E-state index is 0.0974. The summed E-state index contributed by atoms with van der Waals surface area (Å²) in [5.41, 5.74) is 1.23. The lowest BCUT2D eigenvalue weighted by Crippen LogP contribution is -1.85. The molecule has 0 spiro atoms. The first-order chi connectivity index (χ1) is 8.13. The SMILES string of the molecule is CC(=O)SCCC#Cc1ccc(C=O)cc1Cl. The first kappa shape index (κ1) is 13.8. The zero-order valence-corrected chi connectivity index (χ0v) is 10.9. The van der Waals surface area contributed by atoms with Crippen molar-refractivity contribution in [2.75, 3.05) is 5.75 Å². The smallest absolute Gasteiger partial charge is 0.185 e. The van der Waals surface area contributed by atoms with Gasteiger partial charge in [-0.25, -0.2) is 0 Å². The Morgan fingerprint density at radius 1 is 1.53 bits per heavy atom. The molecule has 17 heavy (non-hydrogen) atoms. The third-order valence-corrected chi connectivity index (χ3v) is 3.01. The van der Waals surface area contributed by atoms with Gasteiger partial charge in [-0.2, -0.15) is 0 Å². The molecule has 0 bridgehead atoms. The maximum Gasteiger partial charge on any atom is 0.185 e. The Hall–Kier alpha value is -1.24. The molecule has 0 aliphatic carbocycles. The molecule has 0 saturated heterocycles. The van der Waals surface area contributed by atoms with Crippen LogP contribution in [-0.2, 0) is 4.79 Å². The Labute approximate surface area is 110 Å². The van der Waals surface area contributed by atoms with E-state index in [-0.39, 0.29) is 5.12 Å². The van der Waals surface area contributed by atoms with Crippen LogP contribution in [0.4, 0.5) is 0 Å². The molecule has 1 rings (SSSR count). The summed E-state index contributed by atoms with van der Waals surface area (Å²) in [6, 6.07) is 4.98. The van der Waals surface area contributed by atoms with Gasteiger partial charge in [-0.1, -0.05) is 41.3 Å². The molecule has 0 atom stereocenters. The monoisotopic (exact) mass is 266 g/mol. The highest BCUT2D eigenvalue weighted by Crippen LogP contribution is 2.16. The topological polar surface area (TPSA) is 34.1 Å². The Bertz CT molecular complexity index is 486. The highest BCUT2D eigenvalue weighted by Gasteiger charge is 1.98. The largest absolute Gasteiger partial charge is 0.298 e. The van der Waals surface area contributed by atoms with Gasteiger partial charge in [0.25, 0.3) is 0 Å². The van der Waals surface area contributed by atoms with Gasteiger partial charge >= 0.3 is 0 Å². The van der Waals surface area contributed by atoms with Crippen molar-refractivity contribution in [3.05, 3.63) is 34.3 Å². The van der Waals surface area contributed by atoms with Crippen molar-refractivity contribution >= 4 is 34.8 Å². The first-order valence-electron chi connectivity index (χ1n) is 5.00. The van der Waals surface area contributed by atoms with E-state index in [0.717, 1.165) is 6.29 Å². The Morgan fingerprint density at radius 2 is 2.29 bits per heavy atom. The van der Waals surface area contributed by atoms with Crippen LogP contribution in [0, 0.1) is 11.8 Å². The molecule has 0 aliphatic rings. The average molecular weight is 267 g/mol. The predicted octanol–water partition coefficient (Wildman–Crippen LogP) is 3.17. The summed E-state index contributed by atoms with van der Waals surface area (Å²) in [5, 5.41) is 0.571. The van der Waals surface area contributed by atoms with Gasteiger partial charge in [0.2, 0.25) is 0 Å². The Morgan fingerprint density at radius 3 is 2.88 bits per heavy atom. The number of halogens is 1. The molecule has 1 aromatic rings. The summed E-state index contributed by atoms with van der Waals surface area (Å²) >= 11 is 7.21. The van der Waals surface area contributed by atoms with Crippen LogP contribution in [-0.4, -0.2) is 17.2 Å². The number of hydrogen-bond acceptors (Lipinski definition) is 3. The van der Waals surface area contributed by atoms with Crippen LogP contribution < -0.4 is 0 Å². The quantitative estimate of drug-likeness (QED) is 0.479. The summed E-state index contributed by atoms with van der Waals surface area (Å²) in [4.78, 5) is 21.2. The molecule has 88 valence electrons. The molecule has 4 heteroatoms. The van der Waals surface area contributed by atoms with E-state index < -0.39 is 0 Å². The number of hydrogen-bond donors (Lipinski definition) is 0. The second kappa shape index (κ2) is 7.16. The van der Waals surface area contributed by atoms with Crippen LogP contribution in [0.2, 0.25) is 5.02 Å². The van der Waals surface area contributed by atoms with Gasteiger partial charge in [0.05, 0.1) is 5.02 Å². The fraction of sp³-hybridized carbons (Fsp3) is 0.231. The van der Waals surface area contributed by atoms with Gasteiger partial charge in [-0.05, 0) is 12.1 Å². The second-order valence-corrected chi connectivity index (χ2v) is 4.93. The van der Waals surface area contributed by atoms with E-state index in [9.17, 15) is 9.59 Å². The van der Waals surface area contributed by atoms with Gasteiger partial charge < -0.3 is 0 Å². The molecule has 2 nitrogen and oxygen atoms in total. The molecular weight excluding hydrogens is 256 g/mol. The summed E-state index contributed by atoms with van der Waals surface area (Å²) in [7, 11) is 0. The first-order valence-corrected chi connectivity index (χ1v) is 6.37. The van der Waals surface area contributed by atoms with Crippen molar-refractivity contribution in [3.8, 4) is 11.8 Å². The van der Waals surface area contributed by atoms with Crippen molar-refractivity contribution in [2.24, 2.45) is 0 Å². The van der Waals surface area contributed by atoms with Crippen molar-refractivity contribution < 1.29 is 9.59 Å². The van der Waals surface area contributed by atoms with Crippen LogP contribution in [0.3, 0.4) is 0 Å². The van der Waals surface area contributed by atoms with Crippen molar-refractivity contribution in [1.29, 1.82) is 0 Å². The lowest BCUT2D eigenvalue weighted by Gasteiger charge is -1.96. The van der Waals surface area contributed by atoms with Crippen molar-refractivity contribution in [2.45, 2.75) is 13.3 Å². The Balaban J connectivity index is 2.59. The number of carbonyl (C=O) groups is 2. The lowest BCUT2D eigenvalue weighted by molar-refractivity contribution is -0.109. The molecule has 0 fully saturated rings. The van der Waals surface area contributed by atoms with Gasteiger partial charge in [0.15, 0.2) is 5.12 Å². The number of carbonyl (C=O) groups excluding carboxylic acids is 2. The molecule has 0 aromatic heterocycles. The number of rotatable bonds is 3. The third-order valence-electron chi connectivity index (χ3n) is 1.88. The summed E-state index contributed by atoms with van der Waals surface area (Å²) in [5.74, 6) is 6.54. The third kappa shape index (κ3) is 5.08. The summed E-state index contributed by atoms with van der Waals surface area (Å²) < 4.78 is 0. The van der Waals surface area contributed by atoms with Crippen molar-refractivity contribution in [1.82, 2.24) is 0 Å². The average Bonchev–Trinajstić information content (AvgIpc) is 2.30. The maximum atomic E-state index is 10.7. The normalized spacial score (nSPS) is 9.29. The minimum atomic E-state index is 0.0974. The van der Waals surface area contributed by atoms with Crippen LogP contribution in [0.25, 0.3) is 0 Å². The number of aldehydes is 1. The van der Waals surface area contributed by atoms with E-state index in [1.165, 1.54) is 18.7 Å². The number of thioether (sulfide) groups is 1. The molecular formula is C13H11ClO2S. The van der Waals surface area contributed by atoms with Crippen molar-refractivity contribution in [3.63, 3.8) is 0 Å². The van der Waals surface area contributed by atoms with E-state index in [1.807, 2.05) is 0 Å². The standard InChI is InChI=1S/C13H11ClO2S/c1-10(16)17-7-3-2-4-12-6-5-11(9-15)8-13(12)14/h5-6,8-9H,3,7H2,1H3. The van der Waals surface area contributed by atoms with E-state index in [0.29, 0.717) is 28.3 Å². The molecule has 0 N–H and O–H groups in total. The van der Waals surface area contributed by atoms with E-state index in [2.05, 4.69) is 11.8 Å². The van der Waals surface area contributed by atoms with Crippen LogP contribution in [0.15, 0.2) is 18.2 Å². The minimum Gasteiger partial charge on any atom is -0.298 e. The van der Waals surface area contributed by atoms with Gasteiger partial charge in [-0.3, -0.25) is 9.59 Å². The summed E-state index contributed by atoms with van der Waals surface area (Å²) in [6.45, 7) is 1.53. The van der Waals surface area contributed by atoms with E-state index in [4.69, 9.17) is 11.6 Å². The Kier molecular flexibility index (Phi) is 5.82. The molecule has 0 radical (unpaired) electrons. The van der Waals surface area contributed by atoms with Gasteiger partial charge in [0.1, 0.15) is 6.29 Å². The second-order valence-electron chi connectivity index (χ2n) is 3.25. The fourth-order valence-corrected chi connectivity index (χ4v) is 1.84. The predicted molar refractivity (Wildman–Crippen MR) is 71.5 cm³/mol. The van der Waals surface area contributed by atoms with Crippen LogP contribution in [0.1, 0.15) is 29.3 Å². The van der Waals surface area contributed by atoms with E-state index >= 15 is 0 Å². The van der Waals surface area contributed by atoms with Crippen LogP contribution in [0.5, 0.6) is 0 Å². The molecule has 0 amide bonds. The maximum absolute atomic E-state index is 10.7.